The fraction of sp³-hybridized carbons (Fsp3) is 0.917. The average molecular weight is 226 g/mol. The van der Waals surface area contributed by atoms with Crippen molar-refractivity contribution in [1.29, 1.82) is 5.26 Å². The zero-order valence-corrected chi connectivity index (χ0v) is 10.6. The van der Waals surface area contributed by atoms with E-state index in [4.69, 9.17) is 5.26 Å². The van der Waals surface area contributed by atoms with Gasteiger partial charge in [0.15, 0.2) is 0 Å². The van der Waals surface area contributed by atoms with Crippen LogP contribution >= 0.6 is 11.8 Å². The van der Waals surface area contributed by atoms with E-state index in [1.54, 1.807) is 0 Å². The quantitative estimate of drug-likeness (QED) is 0.783. The van der Waals surface area contributed by atoms with Gasteiger partial charge in [0.05, 0.1) is 12.0 Å². The van der Waals surface area contributed by atoms with Crippen LogP contribution in [0.3, 0.4) is 0 Å². The van der Waals surface area contributed by atoms with E-state index in [-0.39, 0.29) is 5.92 Å². The zero-order chi connectivity index (χ0) is 11.1. The van der Waals surface area contributed by atoms with Crippen LogP contribution in [-0.4, -0.2) is 23.6 Å². The topological polar surface area (TPSA) is 35.8 Å². The molecule has 0 aliphatic heterocycles. The minimum absolute atomic E-state index is 0.243. The molecule has 0 aromatic rings. The van der Waals surface area contributed by atoms with Gasteiger partial charge in [-0.15, -0.1) is 0 Å². The highest BCUT2D eigenvalue weighted by Crippen LogP contribution is 2.24. The normalized spacial score (nSPS) is 28.3. The maximum atomic E-state index is 9.06. The van der Waals surface area contributed by atoms with Crippen molar-refractivity contribution in [2.45, 2.75) is 51.6 Å². The summed E-state index contributed by atoms with van der Waals surface area (Å²) in [6.45, 7) is 4.42. The second kappa shape index (κ2) is 7.14. The van der Waals surface area contributed by atoms with Crippen molar-refractivity contribution in [3.63, 3.8) is 0 Å². The van der Waals surface area contributed by atoms with Gasteiger partial charge in [-0.2, -0.15) is 17.0 Å². The minimum atomic E-state index is 0.243. The molecule has 0 amide bonds. The lowest BCUT2D eigenvalue weighted by molar-refractivity contribution is 0.297. The lowest BCUT2D eigenvalue weighted by Gasteiger charge is -2.30. The number of thioether (sulfide) groups is 1. The Balaban J connectivity index is 2.31. The summed E-state index contributed by atoms with van der Waals surface area (Å²) >= 11 is 1.97. The molecule has 0 bridgehead atoms. The molecular weight excluding hydrogens is 204 g/mol. The van der Waals surface area contributed by atoms with Crippen LogP contribution < -0.4 is 5.32 Å². The third-order valence-electron chi connectivity index (χ3n) is 3.00. The Morgan fingerprint density at radius 2 is 2.20 bits per heavy atom. The maximum Gasteiger partial charge on any atom is 0.0672 e. The first-order chi connectivity index (χ1) is 7.27. The van der Waals surface area contributed by atoms with Gasteiger partial charge in [-0.25, -0.2) is 0 Å². The summed E-state index contributed by atoms with van der Waals surface area (Å²) in [5.74, 6) is 2.58. The van der Waals surface area contributed by atoms with Crippen molar-refractivity contribution < 1.29 is 0 Å². The van der Waals surface area contributed by atoms with Crippen LogP contribution in [0.4, 0.5) is 0 Å². The second-order valence-electron chi connectivity index (χ2n) is 4.35. The van der Waals surface area contributed by atoms with Crippen molar-refractivity contribution in [3.8, 4) is 6.07 Å². The van der Waals surface area contributed by atoms with Gasteiger partial charge in [0.1, 0.15) is 0 Å². The predicted octanol–water partition coefficient (Wildman–Crippen LogP) is 2.80. The van der Waals surface area contributed by atoms with E-state index in [2.05, 4.69) is 25.2 Å². The van der Waals surface area contributed by atoms with Crippen molar-refractivity contribution in [3.05, 3.63) is 0 Å². The van der Waals surface area contributed by atoms with E-state index in [1.165, 1.54) is 25.0 Å². The third kappa shape index (κ3) is 4.44. The first-order valence-corrected chi connectivity index (χ1v) is 7.16. The van der Waals surface area contributed by atoms with Gasteiger partial charge in [-0.05, 0) is 25.5 Å². The standard InChI is InChI=1S/C12H22N2S/c1-3-15-9-10(2)14-12-7-5-4-6-11(12)8-13/h10-12,14H,3-7,9H2,1-2H3. The molecule has 1 fully saturated rings. The van der Waals surface area contributed by atoms with E-state index in [0.29, 0.717) is 12.1 Å². The van der Waals surface area contributed by atoms with Crippen LogP contribution in [0.1, 0.15) is 39.5 Å². The first kappa shape index (κ1) is 12.9. The fourth-order valence-electron chi connectivity index (χ4n) is 2.19. The molecule has 0 aromatic carbocycles. The number of hydrogen-bond donors (Lipinski definition) is 1. The molecule has 0 spiro atoms. The SMILES string of the molecule is CCSCC(C)NC1CCCCC1C#N. The molecule has 3 heteroatoms. The molecule has 3 atom stereocenters. The summed E-state index contributed by atoms with van der Waals surface area (Å²) in [4.78, 5) is 0. The molecule has 1 saturated carbocycles. The highest BCUT2D eigenvalue weighted by Gasteiger charge is 2.25. The van der Waals surface area contributed by atoms with E-state index in [0.717, 1.165) is 12.2 Å². The monoisotopic (exact) mass is 226 g/mol. The largest absolute Gasteiger partial charge is 0.309 e. The van der Waals surface area contributed by atoms with Crippen molar-refractivity contribution >= 4 is 11.8 Å². The highest BCUT2D eigenvalue weighted by atomic mass is 32.2. The number of nitrogens with one attached hydrogen (secondary N) is 1. The van der Waals surface area contributed by atoms with Crippen LogP contribution in [0.5, 0.6) is 0 Å². The first-order valence-electron chi connectivity index (χ1n) is 6.01. The summed E-state index contributed by atoms with van der Waals surface area (Å²) in [7, 11) is 0. The number of nitriles is 1. The predicted molar refractivity (Wildman–Crippen MR) is 67.0 cm³/mol. The molecule has 0 aromatic heterocycles. The van der Waals surface area contributed by atoms with E-state index in [9.17, 15) is 0 Å². The van der Waals surface area contributed by atoms with Gasteiger partial charge in [-0.3, -0.25) is 0 Å². The molecule has 15 heavy (non-hydrogen) atoms. The molecule has 0 saturated heterocycles. The van der Waals surface area contributed by atoms with E-state index >= 15 is 0 Å². The molecule has 1 aliphatic rings. The lowest BCUT2D eigenvalue weighted by atomic mass is 9.85. The average Bonchev–Trinajstić information content (AvgIpc) is 2.27. The van der Waals surface area contributed by atoms with Gasteiger partial charge in [0, 0.05) is 17.8 Å². The van der Waals surface area contributed by atoms with Crippen LogP contribution in [0.2, 0.25) is 0 Å². The summed E-state index contributed by atoms with van der Waals surface area (Å²) < 4.78 is 0. The van der Waals surface area contributed by atoms with Gasteiger partial charge in [0.25, 0.3) is 0 Å². The maximum absolute atomic E-state index is 9.06. The second-order valence-corrected chi connectivity index (χ2v) is 5.67. The minimum Gasteiger partial charge on any atom is -0.309 e. The molecule has 2 nitrogen and oxygen atoms in total. The summed E-state index contributed by atoms with van der Waals surface area (Å²) in [5.41, 5.74) is 0. The molecule has 1 rings (SSSR count). The molecule has 0 radical (unpaired) electrons. The van der Waals surface area contributed by atoms with Crippen LogP contribution in [0, 0.1) is 17.2 Å². The van der Waals surface area contributed by atoms with E-state index < -0.39 is 0 Å². The number of rotatable bonds is 5. The van der Waals surface area contributed by atoms with E-state index in [1.807, 2.05) is 11.8 Å². The van der Waals surface area contributed by atoms with Gasteiger partial charge < -0.3 is 5.32 Å². The zero-order valence-electron chi connectivity index (χ0n) is 9.83. The summed E-state index contributed by atoms with van der Waals surface area (Å²) in [5, 5.41) is 12.7. The molecule has 1 N–H and O–H groups in total. The highest BCUT2D eigenvalue weighted by molar-refractivity contribution is 7.99. The lowest BCUT2D eigenvalue weighted by Crippen LogP contribution is -2.43. The number of hydrogen-bond acceptors (Lipinski definition) is 3. The van der Waals surface area contributed by atoms with Gasteiger partial charge >= 0.3 is 0 Å². The van der Waals surface area contributed by atoms with Crippen molar-refractivity contribution in [2.24, 2.45) is 5.92 Å². The molecule has 1 aliphatic carbocycles. The fourth-order valence-corrected chi connectivity index (χ4v) is 2.88. The molecule has 0 heterocycles. The molecule has 3 unspecified atom stereocenters. The Kier molecular flexibility index (Phi) is 6.12. The Bertz CT molecular complexity index is 212. The summed E-state index contributed by atoms with van der Waals surface area (Å²) in [6.07, 6.45) is 4.78. The Morgan fingerprint density at radius 1 is 1.47 bits per heavy atom. The van der Waals surface area contributed by atoms with Crippen LogP contribution in [0.15, 0.2) is 0 Å². The smallest absolute Gasteiger partial charge is 0.0672 e. The van der Waals surface area contributed by atoms with Gasteiger partial charge in [0.2, 0.25) is 0 Å². The Labute approximate surface area is 97.8 Å². The molecule has 86 valence electrons. The van der Waals surface area contributed by atoms with Crippen molar-refractivity contribution in [1.82, 2.24) is 5.32 Å². The summed E-state index contributed by atoms with van der Waals surface area (Å²) in [6, 6.07) is 3.42. The van der Waals surface area contributed by atoms with Crippen LogP contribution in [-0.2, 0) is 0 Å². The number of nitrogens with zero attached hydrogens (tertiary/aromatic N) is 1. The Hall–Kier alpha value is -0.200. The Morgan fingerprint density at radius 3 is 2.87 bits per heavy atom. The van der Waals surface area contributed by atoms with Crippen molar-refractivity contribution in [2.75, 3.05) is 11.5 Å². The molecular formula is C12H22N2S. The third-order valence-corrected chi connectivity index (χ3v) is 4.15. The van der Waals surface area contributed by atoms with Crippen LogP contribution in [0.25, 0.3) is 0 Å². The van der Waals surface area contributed by atoms with Gasteiger partial charge in [-0.1, -0.05) is 19.8 Å².